The number of piperidine rings is 1. The summed E-state index contributed by atoms with van der Waals surface area (Å²) in [5, 5.41) is 6.27. The topological polar surface area (TPSA) is 39.7 Å². The van der Waals surface area contributed by atoms with Crippen LogP contribution < -0.4 is 10.6 Å². The number of alkyl halides is 1. The first-order valence-electron chi connectivity index (χ1n) is 13.8. The summed E-state index contributed by atoms with van der Waals surface area (Å²) in [7, 11) is 0. The number of dihydropyridines is 1. The van der Waals surface area contributed by atoms with Gasteiger partial charge in [0.25, 0.3) is 0 Å². The Morgan fingerprint density at radius 1 is 1.21 bits per heavy atom. The highest BCUT2D eigenvalue weighted by Gasteiger charge is 2.27. The second-order valence-corrected chi connectivity index (χ2v) is 10.0. The summed E-state index contributed by atoms with van der Waals surface area (Å²) in [4.78, 5) is 7.22. The number of terminal acetylenes is 1. The van der Waals surface area contributed by atoms with Gasteiger partial charge in [-0.1, -0.05) is 49.5 Å². The van der Waals surface area contributed by atoms with Crippen LogP contribution in [0.5, 0.6) is 0 Å². The largest absolute Gasteiger partial charge is 0.387 e. The van der Waals surface area contributed by atoms with Gasteiger partial charge in [0, 0.05) is 37.7 Å². The van der Waals surface area contributed by atoms with Crippen molar-refractivity contribution in [1.29, 1.82) is 0 Å². The Balaban J connectivity index is 0.000000381. The first-order valence-corrected chi connectivity index (χ1v) is 13.8. The van der Waals surface area contributed by atoms with E-state index in [1.807, 2.05) is 0 Å². The van der Waals surface area contributed by atoms with E-state index in [1.54, 1.807) is 0 Å². The smallest absolute Gasteiger partial charge is 0.113 e. The third-order valence-electron chi connectivity index (χ3n) is 7.47. The molecule has 2 aliphatic carbocycles. The maximum atomic E-state index is 12.1. The second kappa shape index (κ2) is 15.1. The van der Waals surface area contributed by atoms with Crippen molar-refractivity contribution in [3.63, 3.8) is 0 Å². The predicted octanol–water partition coefficient (Wildman–Crippen LogP) is 6.33. The summed E-state index contributed by atoms with van der Waals surface area (Å²) in [6.45, 7) is 12.5. The molecule has 5 heteroatoms. The van der Waals surface area contributed by atoms with Gasteiger partial charge >= 0.3 is 0 Å². The highest BCUT2D eigenvalue weighted by atomic mass is 19.1. The van der Waals surface area contributed by atoms with Crippen LogP contribution in [0.1, 0.15) is 46.0 Å². The molecule has 0 spiro atoms. The standard InChI is InChI=1S/C26H31N3.C5H10FN.C2H2/c1-4-21-7-6-10-24(22-8-5-9-22)26(21)28-17-20(3)29-15-12-23(13-16-29)25-18-27-14-11-19(25)2;6-5-2-1-3-7-4-5;1-2/h4,6-7,10-13,15,18,22,27H,3,5,8-9,14,16-17H2,1-2H3;5,7H,1-4H2;1-2H/b21-4-,28-26?;;. The molecular formula is C33H43FN4. The van der Waals surface area contributed by atoms with Crippen LogP contribution in [-0.4, -0.2) is 49.5 Å². The number of hydrogen-bond acceptors (Lipinski definition) is 4. The van der Waals surface area contributed by atoms with Crippen LogP contribution in [0.25, 0.3) is 0 Å². The molecule has 38 heavy (non-hydrogen) atoms. The lowest BCUT2D eigenvalue weighted by atomic mass is 9.75. The van der Waals surface area contributed by atoms with Gasteiger partial charge in [0.05, 0.1) is 12.3 Å². The molecule has 3 aliphatic heterocycles. The number of nitrogens with one attached hydrogen (secondary N) is 2. The molecule has 2 fully saturated rings. The average Bonchev–Trinajstić information content (AvgIpc) is 2.93. The Bertz CT molecular complexity index is 1100. The molecule has 202 valence electrons. The van der Waals surface area contributed by atoms with Gasteiger partial charge in [0.15, 0.2) is 0 Å². The molecule has 0 bridgehead atoms. The Morgan fingerprint density at radius 3 is 2.58 bits per heavy atom. The van der Waals surface area contributed by atoms with Crippen molar-refractivity contribution in [2.24, 2.45) is 10.9 Å². The summed E-state index contributed by atoms with van der Waals surface area (Å²) >= 11 is 0. The van der Waals surface area contributed by atoms with Crippen molar-refractivity contribution >= 4 is 5.71 Å². The monoisotopic (exact) mass is 514 g/mol. The molecule has 1 unspecified atom stereocenters. The quantitative estimate of drug-likeness (QED) is 0.421. The fourth-order valence-electron chi connectivity index (χ4n) is 4.95. The van der Waals surface area contributed by atoms with E-state index in [4.69, 9.17) is 4.99 Å². The summed E-state index contributed by atoms with van der Waals surface area (Å²) < 4.78 is 12.1. The lowest BCUT2D eigenvalue weighted by Gasteiger charge is -2.31. The molecular weight excluding hydrogens is 471 g/mol. The molecule has 0 aromatic rings. The van der Waals surface area contributed by atoms with Crippen LogP contribution in [0, 0.1) is 18.8 Å². The third-order valence-corrected chi connectivity index (χ3v) is 7.47. The van der Waals surface area contributed by atoms with Crippen LogP contribution in [0.2, 0.25) is 0 Å². The minimum atomic E-state index is -0.575. The number of aliphatic imine (C=N–C) groups is 1. The van der Waals surface area contributed by atoms with E-state index >= 15 is 0 Å². The van der Waals surface area contributed by atoms with E-state index in [2.05, 4.69) is 104 Å². The molecule has 1 saturated heterocycles. The lowest BCUT2D eigenvalue weighted by molar-refractivity contribution is 0.266. The van der Waals surface area contributed by atoms with E-state index in [0.717, 1.165) is 43.9 Å². The maximum absolute atomic E-state index is 12.1. The highest BCUT2D eigenvalue weighted by Crippen LogP contribution is 2.36. The van der Waals surface area contributed by atoms with E-state index < -0.39 is 6.17 Å². The molecule has 1 atom stereocenters. The van der Waals surface area contributed by atoms with Gasteiger partial charge in [-0.15, -0.1) is 12.8 Å². The zero-order valence-corrected chi connectivity index (χ0v) is 23.1. The fraction of sp³-hybridized carbons (Fsp3) is 0.424. The summed E-state index contributed by atoms with van der Waals surface area (Å²) in [6.07, 6.45) is 32.8. The van der Waals surface area contributed by atoms with Gasteiger partial charge in [0.2, 0.25) is 0 Å². The molecule has 1 saturated carbocycles. The molecule has 5 rings (SSSR count). The molecule has 0 aromatic heterocycles. The fourth-order valence-corrected chi connectivity index (χ4v) is 4.95. The Hall–Kier alpha value is -3.36. The van der Waals surface area contributed by atoms with Gasteiger partial charge in [-0.2, -0.15) is 0 Å². The van der Waals surface area contributed by atoms with Crippen LogP contribution >= 0.6 is 0 Å². The Labute approximate surface area is 229 Å². The number of rotatable bonds is 5. The molecule has 0 aromatic carbocycles. The van der Waals surface area contributed by atoms with Gasteiger partial charge in [-0.3, -0.25) is 4.99 Å². The molecule has 5 aliphatic rings. The highest BCUT2D eigenvalue weighted by molar-refractivity contribution is 6.15. The Kier molecular flexibility index (Phi) is 11.6. The summed E-state index contributed by atoms with van der Waals surface area (Å²) in [5.41, 5.74) is 8.72. The summed E-state index contributed by atoms with van der Waals surface area (Å²) in [6, 6.07) is 0. The van der Waals surface area contributed by atoms with Crippen molar-refractivity contribution < 1.29 is 4.39 Å². The van der Waals surface area contributed by atoms with E-state index in [0.29, 0.717) is 19.0 Å². The van der Waals surface area contributed by atoms with Crippen LogP contribution in [-0.2, 0) is 0 Å². The third kappa shape index (κ3) is 7.82. The lowest BCUT2D eigenvalue weighted by Crippen LogP contribution is -2.30. The second-order valence-electron chi connectivity index (χ2n) is 10.0. The Morgan fingerprint density at radius 2 is 2.03 bits per heavy atom. The van der Waals surface area contributed by atoms with Crippen LogP contribution in [0.4, 0.5) is 4.39 Å². The van der Waals surface area contributed by atoms with Crippen molar-refractivity contribution in [2.45, 2.75) is 52.1 Å². The van der Waals surface area contributed by atoms with E-state index in [1.165, 1.54) is 47.1 Å². The van der Waals surface area contributed by atoms with Crippen molar-refractivity contribution in [2.75, 3.05) is 32.7 Å². The minimum Gasteiger partial charge on any atom is -0.387 e. The van der Waals surface area contributed by atoms with Gasteiger partial charge < -0.3 is 15.5 Å². The molecule has 0 radical (unpaired) electrons. The van der Waals surface area contributed by atoms with E-state index in [9.17, 15) is 4.39 Å². The zero-order chi connectivity index (χ0) is 27.3. The molecule has 0 amide bonds. The van der Waals surface area contributed by atoms with E-state index in [-0.39, 0.29) is 0 Å². The van der Waals surface area contributed by atoms with Gasteiger partial charge in [-0.25, -0.2) is 4.39 Å². The zero-order valence-electron chi connectivity index (χ0n) is 23.1. The van der Waals surface area contributed by atoms with Crippen LogP contribution in [0.3, 0.4) is 0 Å². The predicted molar refractivity (Wildman–Crippen MR) is 160 cm³/mol. The SMILES string of the molecule is C#C.C=C(CN=C1C(C2CCC2)=CC=C/C1=C/C)N1C=CC(C2=CNCC=C2C)=CC1.FC1CCCNC1. The summed E-state index contributed by atoms with van der Waals surface area (Å²) in [5.74, 6) is 0.677. The number of allylic oxidation sites excluding steroid dienone is 10. The minimum absolute atomic E-state index is 0.569. The van der Waals surface area contributed by atoms with Gasteiger partial charge in [0.1, 0.15) is 6.17 Å². The normalized spacial score (nSPS) is 24.9. The van der Waals surface area contributed by atoms with Crippen molar-refractivity contribution in [1.82, 2.24) is 15.5 Å². The molecule has 2 N–H and O–H groups in total. The van der Waals surface area contributed by atoms with Crippen molar-refractivity contribution in [3.8, 4) is 12.8 Å². The number of nitrogens with zero attached hydrogens (tertiary/aromatic N) is 2. The average molecular weight is 515 g/mol. The van der Waals surface area contributed by atoms with Crippen LogP contribution in [0.15, 0.2) is 100 Å². The number of hydrogen-bond donors (Lipinski definition) is 2. The number of halogens is 1. The molecule has 3 heterocycles. The first kappa shape index (κ1) is 29.2. The first-order chi connectivity index (χ1) is 18.6. The molecule has 4 nitrogen and oxygen atoms in total. The van der Waals surface area contributed by atoms with Gasteiger partial charge in [-0.05, 0) is 85.9 Å². The van der Waals surface area contributed by atoms with Crippen molar-refractivity contribution in [3.05, 3.63) is 95.1 Å². The maximum Gasteiger partial charge on any atom is 0.113 e.